The molecule has 5 aromatic carbocycles. The highest BCUT2D eigenvalue weighted by atomic mass is 15.2. The van der Waals surface area contributed by atoms with Crippen LogP contribution in [0.4, 0.5) is 11.4 Å². The Morgan fingerprint density at radius 1 is 0.611 bits per heavy atom. The summed E-state index contributed by atoms with van der Waals surface area (Å²) in [6.07, 6.45) is 2.81. The van der Waals surface area contributed by atoms with Crippen molar-refractivity contribution in [2.75, 3.05) is 4.90 Å². The normalized spacial score (nSPS) is 13.8. The van der Waals surface area contributed by atoms with Gasteiger partial charge >= 0.3 is 0 Å². The highest BCUT2D eigenvalue weighted by molar-refractivity contribution is 6.22. The summed E-state index contributed by atoms with van der Waals surface area (Å²) in [6, 6.07) is 41.6. The minimum Gasteiger partial charge on any atom is -0.307 e. The molecule has 0 fully saturated rings. The first-order chi connectivity index (χ1) is 17.9. The van der Waals surface area contributed by atoms with Crippen LogP contribution in [0.3, 0.4) is 0 Å². The second-order valence-corrected chi connectivity index (χ2v) is 9.58. The van der Waals surface area contributed by atoms with E-state index in [-0.39, 0.29) is 0 Å². The van der Waals surface area contributed by atoms with Crippen LogP contribution in [0.25, 0.3) is 44.1 Å². The maximum atomic E-state index is 4.87. The number of anilines is 2. The molecule has 2 heterocycles. The molecule has 0 radical (unpaired) electrons. The van der Waals surface area contributed by atoms with E-state index in [1.165, 1.54) is 60.9 Å². The molecule has 36 heavy (non-hydrogen) atoms. The molecule has 0 unspecified atom stereocenters. The van der Waals surface area contributed by atoms with E-state index in [0.717, 1.165) is 17.6 Å². The van der Waals surface area contributed by atoms with Crippen LogP contribution in [-0.4, -0.2) is 4.98 Å². The molecule has 0 saturated carbocycles. The van der Waals surface area contributed by atoms with Gasteiger partial charge in [-0.15, -0.1) is 0 Å². The molecule has 0 N–H and O–H groups in total. The lowest BCUT2D eigenvalue weighted by molar-refractivity contribution is 1.18. The lowest BCUT2D eigenvalue weighted by Gasteiger charge is -2.34. The van der Waals surface area contributed by atoms with Crippen LogP contribution in [0.1, 0.15) is 16.7 Å². The smallest absolute Gasteiger partial charge is 0.0945 e. The van der Waals surface area contributed by atoms with E-state index >= 15 is 0 Å². The van der Waals surface area contributed by atoms with Crippen molar-refractivity contribution < 1.29 is 0 Å². The van der Waals surface area contributed by atoms with E-state index in [2.05, 4.69) is 114 Å². The molecule has 0 bridgehead atoms. The van der Waals surface area contributed by atoms with E-state index in [0.29, 0.717) is 0 Å². The predicted molar refractivity (Wildman–Crippen MR) is 150 cm³/mol. The Hall–Kier alpha value is -4.69. The van der Waals surface area contributed by atoms with E-state index in [4.69, 9.17) is 4.98 Å². The summed E-state index contributed by atoms with van der Waals surface area (Å²) in [6.45, 7) is 0. The van der Waals surface area contributed by atoms with Crippen molar-refractivity contribution in [3.63, 3.8) is 0 Å². The first kappa shape index (κ1) is 19.6. The number of nitrogens with zero attached hydrogens (tertiary/aromatic N) is 2. The van der Waals surface area contributed by atoms with Crippen molar-refractivity contribution in [1.29, 1.82) is 0 Å². The zero-order valence-electron chi connectivity index (χ0n) is 19.6. The fourth-order valence-corrected chi connectivity index (χ4v) is 6.15. The maximum Gasteiger partial charge on any atom is 0.0945 e. The third-order valence-electron chi connectivity index (χ3n) is 7.65. The summed E-state index contributed by atoms with van der Waals surface area (Å²) in [5.74, 6) is 0. The summed E-state index contributed by atoms with van der Waals surface area (Å²) in [5.41, 5.74) is 12.6. The fourth-order valence-electron chi connectivity index (χ4n) is 6.15. The summed E-state index contributed by atoms with van der Waals surface area (Å²) in [7, 11) is 0. The molecule has 0 amide bonds. The molecule has 2 aliphatic rings. The highest BCUT2D eigenvalue weighted by Crippen LogP contribution is 2.54. The van der Waals surface area contributed by atoms with Crippen LogP contribution in [-0.2, 0) is 6.42 Å². The molecule has 0 saturated heterocycles. The third-order valence-corrected chi connectivity index (χ3v) is 7.65. The minimum atomic E-state index is 0.898. The molecule has 2 heteroatoms. The Morgan fingerprint density at radius 2 is 1.42 bits per heavy atom. The van der Waals surface area contributed by atoms with Gasteiger partial charge in [0.2, 0.25) is 0 Å². The number of fused-ring (bicyclic) bond motifs is 5. The van der Waals surface area contributed by atoms with Crippen molar-refractivity contribution in [2.45, 2.75) is 6.42 Å². The molecule has 0 atom stereocenters. The van der Waals surface area contributed by atoms with Gasteiger partial charge in [0, 0.05) is 29.3 Å². The Bertz CT molecular complexity index is 1850. The van der Waals surface area contributed by atoms with Gasteiger partial charge in [0.05, 0.1) is 16.9 Å². The topological polar surface area (TPSA) is 16.1 Å². The number of hydrogen-bond donors (Lipinski definition) is 0. The van der Waals surface area contributed by atoms with Crippen molar-refractivity contribution in [3.8, 4) is 11.1 Å². The highest BCUT2D eigenvalue weighted by Gasteiger charge is 2.35. The van der Waals surface area contributed by atoms with Gasteiger partial charge in [0.25, 0.3) is 0 Å². The summed E-state index contributed by atoms with van der Waals surface area (Å²) in [4.78, 5) is 7.33. The first-order valence-electron chi connectivity index (χ1n) is 12.5. The fraction of sp³-hybridized carbons (Fsp3) is 0.0294. The predicted octanol–water partition coefficient (Wildman–Crippen LogP) is 8.63. The van der Waals surface area contributed by atoms with Gasteiger partial charge in [-0.25, -0.2) is 0 Å². The van der Waals surface area contributed by atoms with E-state index in [9.17, 15) is 0 Å². The van der Waals surface area contributed by atoms with Gasteiger partial charge in [-0.3, -0.25) is 4.98 Å². The minimum absolute atomic E-state index is 0.898. The number of benzene rings is 5. The molecule has 2 nitrogen and oxygen atoms in total. The van der Waals surface area contributed by atoms with Gasteiger partial charge in [-0.1, -0.05) is 97.1 Å². The molecule has 168 valence electrons. The van der Waals surface area contributed by atoms with Gasteiger partial charge in [0.1, 0.15) is 0 Å². The Labute approximate surface area is 209 Å². The zero-order valence-corrected chi connectivity index (χ0v) is 19.6. The first-order valence-corrected chi connectivity index (χ1v) is 12.5. The number of pyridine rings is 1. The van der Waals surface area contributed by atoms with Crippen LogP contribution in [0.5, 0.6) is 0 Å². The number of allylic oxidation sites excluding steroid dienone is 1. The number of para-hydroxylation sites is 1. The van der Waals surface area contributed by atoms with E-state index in [1.807, 2.05) is 12.3 Å². The second-order valence-electron chi connectivity index (χ2n) is 9.58. The van der Waals surface area contributed by atoms with Gasteiger partial charge < -0.3 is 4.90 Å². The lowest BCUT2D eigenvalue weighted by Crippen LogP contribution is -2.21. The van der Waals surface area contributed by atoms with Crippen LogP contribution in [0.2, 0.25) is 0 Å². The van der Waals surface area contributed by atoms with Crippen molar-refractivity contribution in [2.24, 2.45) is 0 Å². The maximum absolute atomic E-state index is 4.87. The standard InChI is InChI=1S/C34H22N2/c1-3-9-22(10-4-1)26-18-19-29-31-27(26)14-7-15-28(31)30-21-24-17-16-23-11-8-20-35-32(23)33(24)36(34(29)30)25-12-5-2-6-13-25/h1-20H,21H2. The van der Waals surface area contributed by atoms with Gasteiger partial charge in [-0.05, 0) is 56.8 Å². The molecule has 8 rings (SSSR count). The molecule has 6 aromatic rings. The average molecular weight is 459 g/mol. The van der Waals surface area contributed by atoms with Gasteiger partial charge in [-0.2, -0.15) is 0 Å². The van der Waals surface area contributed by atoms with Crippen molar-refractivity contribution >= 4 is 44.3 Å². The SMILES string of the molecule is c1ccc(-c2ccc3c4c(cccc24)C2=C3N(c3ccccc3)c3c(ccc4cccnc34)C2)cc1. The molecule has 1 aliphatic carbocycles. The molecular formula is C34H22N2. The van der Waals surface area contributed by atoms with Crippen LogP contribution in [0, 0.1) is 0 Å². The summed E-state index contributed by atoms with van der Waals surface area (Å²) in [5, 5.41) is 3.84. The number of aromatic nitrogens is 1. The Morgan fingerprint density at radius 3 is 2.28 bits per heavy atom. The largest absolute Gasteiger partial charge is 0.307 e. The van der Waals surface area contributed by atoms with Gasteiger partial charge in [0.15, 0.2) is 0 Å². The molecule has 0 spiro atoms. The van der Waals surface area contributed by atoms with Crippen LogP contribution < -0.4 is 4.90 Å². The summed E-state index contributed by atoms with van der Waals surface area (Å²) >= 11 is 0. The molecular weight excluding hydrogens is 436 g/mol. The lowest BCUT2D eigenvalue weighted by atomic mass is 9.91. The second kappa shape index (κ2) is 7.40. The van der Waals surface area contributed by atoms with Crippen LogP contribution >= 0.6 is 0 Å². The van der Waals surface area contributed by atoms with Crippen molar-refractivity contribution in [1.82, 2.24) is 4.98 Å². The van der Waals surface area contributed by atoms with E-state index < -0.39 is 0 Å². The molecule has 1 aromatic heterocycles. The number of rotatable bonds is 2. The zero-order chi connectivity index (χ0) is 23.6. The van der Waals surface area contributed by atoms with E-state index in [1.54, 1.807) is 0 Å². The van der Waals surface area contributed by atoms with Crippen LogP contribution in [0.15, 0.2) is 121 Å². The quantitative estimate of drug-likeness (QED) is 0.258. The monoisotopic (exact) mass is 458 g/mol. The Kier molecular flexibility index (Phi) is 4.03. The molecule has 1 aliphatic heterocycles. The summed E-state index contributed by atoms with van der Waals surface area (Å²) < 4.78 is 0. The average Bonchev–Trinajstić information content (AvgIpc) is 3.27. The van der Waals surface area contributed by atoms with Crippen molar-refractivity contribution in [3.05, 3.63) is 138 Å². The Balaban J connectivity index is 1.45. The number of hydrogen-bond acceptors (Lipinski definition) is 2. The third kappa shape index (κ3) is 2.64.